The molecule has 1 aliphatic carbocycles. The van der Waals surface area contributed by atoms with Crippen molar-refractivity contribution in [2.75, 3.05) is 0 Å². The van der Waals surface area contributed by atoms with Crippen molar-refractivity contribution in [3.8, 4) is 0 Å². The molecule has 0 bridgehead atoms. The molecule has 0 aromatic heterocycles. The number of hydrogen-bond acceptors (Lipinski definition) is 2. The van der Waals surface area contributed by atoms with Crippen LogP contribution in [0.25, 0.3) is 0 Å². The Labute approximate surface area is 54.8 Å². The molecule has 1 rings (SSSR count). The third-order valence-corrected chi connectivity index (χ3v) is 1.70. The van der Waals surface area contributed by atoms with Crippen molar-refractivity contribution < 1.29 is 10.2 Å². The summed E-state index contributed by atoms with van der Waals surface area (Å²) in [6, 6.07) is 0. The second-order valence-electron chi connectivity index (χ2n) is 2.72. The molecule has 0 aromatic carbocycles. The van der Waals surface area contributed by atoms with E-state index < -0.39 is 6.10 Å². The molecule has 0 radical (unpaired) electrons. The first-order valence-corrected chi connectivity index (χ1v) is 3.27. The van der Waals surface area contributed by atoms with E-state index in [9.17, 15) is 0 Å². The van der Waals surface area contributed by atoms with Crippen LogP contribution in [0.4, 0.5) is 0 Å². The van der Waals surface area contributed by atoms with Gasteiger partial charge in [0.25, 0.3) is 0 Å². The number of rotatable bonds is 0. The third-order valence-electron chi connectivity index (χ3n) is 1.70. The van der Waals surface area contributed by atoms with Gasteiger partial charge in [-0.15, -0.1) is 0 Å². The lowest BCUT2D eigenvalue weighted by molar-refractivity contribution is 0.118. The summed E-state index contributed by atoms with van der Waals surface area (Å²) in [6.45, 7) is 2.06. The number of aliphatic hydroxyl groups is 2. The van der Waals surface area contributed by atoms with Gasteiger partial charge in [-0.25, -0.2) is 0 Å². The van der Waals surface area contributed by atoms with Crippen LogP contribution in [0.5, 0.6) is 0 Å². The first kappa shape index (κ1) is 6.62. The zero-order valence-electron chi connectivity index (χ0n) is 5.54. The molecular formula is C7H12O2. The predicted octanol–water partition coefficient (Wildman–Crippen LogP) is 1.22. The highest BCUT2D eigenvalue weighted by atomic mass is 16.3. The van der Waals surface area contributed by atoms with Crippen molar-refractivity contribution in [1.82, 2.24) is 0 Å². The van der Waals surface area contributed by atoms with Crippen LogP contribution in [0.2, 0.25) is 0 Å². The summed E-state index contributed by atoms with van der Waals surface area (Å²) in [5.74, 6) is 0.656. The molecule has 1 aliphatic rings. The molecule has 2 heteroatoms. The molecule has 9 heavy (non-hydrogen) atoms. The monoisotopic (exact) mass is 128 g/mol. The summed E-state index contributed by atoms with van der Waals surface area (Å²) in [4.78, 5) is 0. The number of aliphatic hydroxyl groups excluding tert-OH is 2. The summed E-state index contributed by atoms with van der Waals surface area (Å²) < 4.78 is 0. The third kappa shape index (κ3) is 1.45. The Morgan fingerprint density at radius 3 is 2.78 bits per heavy atom. The van der Waals surface area contributed by atoms with E-state index in [0.29, 0.717) is 12.3 Å². The lowest BCUT2D eigenvalue weighted by Gasteiger charge is -2.19. The highest BCUT2D eigenvalue weighted by Crippen LogP contribution is 2.21. The highest BCUT2D eigenvalue weighted by Gasteiger charge is 2.17. The van der Waals surface area contributed by atoms with Gasteiger partial charge < -0.3 is 10.2 Å². The molecule has 0 heterocycles. The maximum Gasteiger partial charge on any atom is 0.117 e. The maximum atomic E-state index is 9.03. The fourth-order valence-electron chi connectivity index (χ4n) is 1.06. The summed E-state index contributed by atoms with van der Waals surface area (Å²) in [7, 11) is 0. The van der Waals surface area contributed by atoms with E-state index in [4.69, 9.17) is 10.2 Å². The zero-order valence-corrected chi connectivity index (χ0v) is 5.54. The van der Waals surface area contributed by atoms with Crippen molar-refractivity contribution in [1.29, 1.82) is 0 Å². The number of allylic oxidation sites excluding steroid dienone is 1. The minimum Gasteiger partial charge on any atom is -0.510 e. The second kappa shape index (κ2) is 2.40. The molecule has 0 saturated heterocycles. The molecule has 52 valence electrons. The Kier molecular flexibility index (Phi) is 1.76. The topological polar surface area (TPSA) is 40.5 Å². The van der Waals surface area contributed by atoms with Crippen LogP contribution in [0.3, 0.4) is 0 Å². The molecule has 1 unspecified atom stereocenters. The Bertz CT molecular complexity index is 129. The van der Waals surface area contributed by atoms with E-state index in [1.807, 2.05) is 0 Å². The van der Waals surface area contributed by atoms with Crippen LogP contribution in [0, 0.1) is 5.92 Å². The van der Waals surface area contributed by atoms with Crippen molar-refractivity contribution in [3.63, 3.8) is 0 Å². The van der Waals surface area contributed by atoms with E-state index in [1.165, 1.54) is 0 Å². The van der Waals surface area contributed by atoms with Crippen LogP contribution in [-0.4, -0.2) is 16.3 Å². The van der Waals surface area contributed by atoms with E-state index in [0.717, 1.165) is 6.42 Å². The fraction of sp³-hybridized carbons (Fsp3) is 0.714. The molecule has 0 spiro atoms. The average molecular weight is 128 g/mol. The fourth-order valence-corrected chi connectivity index (χ4v) is 1.06. The Balaban J connectivity index is 2.56. The van der Waals surface area contributed by atoms with Crippen molar-refractivity contribution >= 4 is 0 Å². The molecule has 0 saturated carbocycles. The van der Waals surface area contributed by atoms with Crippen LogP contribution in [0.15, 0.2) is 11.8 Å². The Morgan fingerprint density at radius 2 is 2.33 bits per heavy atom. The highest BCUT2D eigenvalue weighted by molar-refractivity contribution is 5.02. The van der Waals surface area contributed by atoms with Gasteiger partial charge in [0.1, 0.15) is 11.9 Å². The minimum atomic E-state index is -0.603. The average Bonchev–Trinajstić information content (AvgIpc) is 1.80. The normalized spacial score (nSPS) is 36.0. The largest absolute Gasteiger partial charge is 0.510 e. The molecule has 2 nitrogen and oxygen atoms in total. The summed E-state index contributed by atoms with van der Waals surface area (Å²) in [5.41, 5.74) is 0. The minimum absolute atomic E-state index is 0.146. The first-order valence-electron chi connectivity index (χ1n) is 3.27. The van der Waals surface area contributed by atoms with Gasteiger partial charge in [0.15, 0.2) is 0 Å². The lowest BCUT2D eigenvalue weighted by atomic mass is 9.93. The summed E-state index contributed by atoms with van der Waals surface area (Å²) in [6.07, 6.45) is 2.68. The SMILES string of the molecule is C[C@@H]1CC=C(O)C(O)C1. The lowest BCUT2D eigenvalue weighted by Crippen LogP contribution is -2.18. The Hall–Kier alpha value is -0.500. The van der Waals surface area contributed by atoms with Gasteiger partial charge in [-0.2, -0.15) is 0 Å². The maximum absolute atomic E-state index is 9.03. The van der Waals surface area contributed by atoms with Crippen molar-refractivity contribution in [2.45, 2.75) is 25.9 Å². The smallest absolute Gasteiger partial charge is 0.117 e. The molecule has 0 aliphatic heterocycles. The van der Waals surface area contributed by atoms with E-state index in [1.54, 1.807) is 6.08 Å². The standard InChI is InChI=1S/C7H12O2/c1-5-2-3-6(8)7(9)4-5/h3,5,7-9H,2,4H2,1H3/t5-,7?/m1/s1. The Morgan fingerprint density at radius 1 is 1.67 bits per heavy atom. The predicted molar refractivity (Wildman–Crippen MR) is 35.1 cm³/mol. The second-order valence-corrected chi connectivity index (χ2v) is 2.72. The van der Waals surface area contributed by atoms with E-state index >= 15 is 0 Å². The van der Waals surface area contributed by atoms with Gasteiger partial charge >= 0.3 is 0 Å². The van der Waals surface area contributed by atoms with Gasteiger partial charge in [0.05, 0.1) is 0 Å². The molecule has 2 atom stereocenters. The van der Waals surface area contributed by atoms with Crippen LogP contribution < -0.4 is 0 Å². The van der Waals surface area contributed by atoms with Crippen LogP contribution in [0.1, 0.15) is 19.8 Å². The molecule has 2 N–H and O–H groups in total. The van der Waals surface area contributed by atoms with E-state index in [2.05, 4.69) is 6.92 Å². The quantitative estimate of drug-likeness (QED) is 0.515. The van der Waals surface area contributed by atoms with Crippen LogP contribution >= 0.6 is 0 Å². The molecule has 0 amide bonds. The number of hydrogen-bond donors (Lipinski definition) is 2. The van der Waals surface area contributed by atoms with Crippen molar-refractivity contribution in [2.24, 2.45) is 5.92 Å². The van der Waals surface area contributed by atoms with Gasteiger partial charge in [-0.1, -0.05) is 6.92 Å². The van der Waals surface area contributed by atoms with Gasteiger partial charge in [0.2, 0.25) is 0 Å². The molecule has 0 aromatic rings. The summed E-state index contributed by atoms with van der Waals surface area (Å²) in [5, 5.41) is 17.9. The first-order chi connectivity index (χ1) is 4.20. The van der Waals surface area contributed by atoms with E-state index in [-0.39, 0.29) is 5.76 Å². The molecular weight excluding hydrogens is 116 g/mol. The zero-order chi connectivity index (χ0) is 6.85. The van der Waals surface area contributed by atoms with Crippen LogP contribution in [-0.2, 0) is 0 Å². The van der Waals surface area contributed by atoms with Gasteiger partial charge in [-0.3, -0.25) is 0 Å². The van der Waals surface area contributed by atoms with Gasteiger partial charge in [0, 0.05) is 0 Å². The summed E-state index contributed by atoms with van der Waals surface area (Å²) >= 11 is 0. The van der Waals surface area contributed by atoms with Gasteiger partial charge in [-0.05, 0) is 24.8 Å². The molecule has 0 fully saturated rings. The van der Waals surface area contributed by atoms with Crippen molar-refractivity contribution in [3.05, 3.63) is 11.8 Å².